The van der Waals surface area contributed by atoms with Gasteiger partial charge in [-0.1, -0.05) is 6.07 Å². The molecule has 0 aliphatic carbocycles. The summed E-state index contributed by atoms with van der Waals surface area (Å²) < 4.78 is 3.49. The van der Waals surface area contributed by atoms with Gasteiger partial charge in [-0.2, -0.15) is 4.98 Å². The monoisotopic (exact) mass is 475 g/mol. The van der Waals surface area contributed by atoms with E-state index in [1.807, 2.05) is 6.20 Å². The minimum Gasteiger partial charge on any atom is -0.369 e. The molecule has 1 fully saturated rings. The molecular formula is C26H33N7S. The maximum Gasteiger partial charge on any atom is 0.229 e. The lowest BCUT2D eigenvalue weighted by Crippen LogP contribution is -2.43. The minimum atomic E-state index is 0.0535. The van der Waals surface area contributed by atoms with E-state index >= 15 is 0 Å². The van der Waals surface area contributed by atoms with E-state index in [0.717, 1.165) is 56.3 Å². The summed E-state index contributed by atoms with van der Waals surface area (Å²) in [7, 11) is 0. The summed E-state index contributed by atoms with van der Waals surface area (Å²) in [5.74, 6) is 1.61. The molecule has 0 bridgehead atoms. The standard InChI is InChI=1S/C26H33N7S/c1-26(2,3)31-34-23-6-4-5-22(17-23)33-14-11-19-18-28-25(30-24(19)33)29-20-7-9-21(10-8-20)32-15-12-27-13-16-32/h4-10,17-18,27,31H,11-16H2,1-3H3,(H,28,29,30). The number of benzene rings is 2. The summed E-state index contributed by atoms with van der Waals surface area (Å²) in [6.07, 6.45) is 2.91. The molecule has 0 unspecified atom stereocenters. The second-order valence-corrected chi connectivity index (χ2v) is 10.7. The number of fused-ring (bicyclic) bond motifs is 1. The molecule has 178 valence electrons. The molecule has 0 radical (unpaired) electrons. The largest absolute Gasteiger partial charge is 0.369 e. The van der Waals surface area contributed by atoms with Crippen molar-refractivity contribution in [2.45, 2.75) is 37.6 Å². The molecule has 2 aliphatic heterocycles. The summed E-state index contributed by atoms with van der Waals surface area (Å²) in [4.78, 5) is 15.4. The first-order valence-corrected chi connectivity index (χ1v) is 12.8. The average molecular weight is 476 g/mol. The molecule has 2 aromatic carbocycles. The van der Waals surface area contributed by atoms with Gasteiger partial charge in [0.15, 0.2) is 0 Å². The van der Waals surface area contributed by atoms with Crippen molar-refractivity contribution in [1.82, 2.24) is 20.0 Å². The van der Waals surface area contributed by atoms with Crippen LogP contribution in [0.5, 0.6) is 0 Å². The third-order valence-corrected chi connectivity index (χ3v) is 7.12. The molecule has 2 aliphatic rings. The third kappa shape index (κ3) is 5.46. The van der Waals surface area contributed by atoms with Gasteiger partial charge < -0.3 is 20.4 Å². The van der Waals surface area contributed by atoms with Crippen LogP contribution in [-0.4, -0.2) is 48.2 Å². The Labute approximate surface area is 206 Å². The fraction of sp³-hybridized carbons (Fsp3) is 0.385. The Morgan fingerprint density at radius 2 is 1.76 bits per heavy atom. The zero-order valence-corrected chi connectivity index (χ0v) is 21.0. The molecule has 3 aromatic rings. The van der Waals surface area contributed by atoms with E-state index in [9.17, 15) is 0 Å². The van der Waals surface area contributed by atoms with Gasteiger partial charge in [0.05, 0.1) is 0 Å². The van der Waals surface area contributed by atoms with Crippen LogP contribution in [0.1, 0.15) is 26.3 Å². The lowest BCUT2D eigenvalue weighted by atomic mass is 10.1. The van der Waals surface area contributed by atoms with E-state index in [2.05, 4.69) is 99.4 Å². The lowest BCUT2D eigenvalue weighted by molar-refractivity contribution is 0.535. The number of anilines is 5. The third-order valence-electron chi connectivity index (χ3n) is 5.91. The summed E-state index contributed by atoms with van der Waals surface area (Å²) >= 11 is 1.67. The molecule has 3 heterocycles. The van der Waals surface area contributed by atoms with Gasteiger partial charge in [-0.15, -0.1) is 0 Å². The van der Waals surface area contributed by atoms with Crippen LogP contribution in [0.3, 0.4) is 0 Å². The van der Waals surface area contributed by atoms with Crippen molar-refractivity contribution >= 4 is 40.8 Å². The summed E-state index contributed by atoms with van der Waals surface area (Å²) in [5.41, 5.74) is 4.65. The maximum atomic E-state index is 4.90. The van der Waals surface area contributed by atoms with E-state index in [0.29, 0.717) is 5.95 Å². The zero-order chi connectivity index (χ0) is 23.5. The Bertz CT molecular complexity index is 1120. The van der Waals surface area contributed by atoms with E-state index < -0.39 is 0 Å². The molecule has 0 atom stereocenters. The molecule has 7 nitrogen and oxygen atoms in total. The number of hydrogen-bond donors (Lipinski definition) is 3. The van der Waals surface area contributed by atoms with Crippen molar-refractivity contribution in [2.75, 3.05) is 47.8 Å². The van der Waals surface area contributed by atoms with Gasteiger partial charge in [0.2, 0.25) is 5.95 Å². The highest BCUT2D eigenvalue weighted by molar-refractivity contribution is 7.97. The quantitative estimate of drug-likeness (QED) is 0.443. The first kappa shape index (κ1) is 23.0. The van der Waals surface area contributed by atoms with E-state index in [-0.39, 0.29) is 5.54 Å². The lowest BCUT2D eigenvalue weighted by Gasteiger charge is -2.29. The number of nitrogens with one attached hydrogen (secondary N) is 3. The van der Waals surface area contributed by atoms with Gasteiger partial charge >= 0.3 is 0 Å². The summed E-state index contributed by atoms with van der Waals surface area (Å²) in [6, 6.07) is 17.2. The highest BCUT2D eigenvalue weighted by atomic mass is 32.2. The Balaban J connectivity index is 1.30. The fourth-order valence-corrected chi connectivity index (χ4v) is 4.94. The first-order chi connectivity index (χ1) is 16.4. The van der Waals surface area contributed by atoms with E-state index in [4.69, 9.17) is 4.98 Å². The van der Waals surface area contributed by atoms with Gasteiger partial charge in [-0.3, -0.25) is 4.72 Å². The number of nitrogens with zero attached hydrogens (tertiary/aromatic N) is 4. The van der Waals surface area contributed by atoms with Gasteiger partial charge in [0.25, 0.3) is 0 Å². The Kier molecular flexibility index (Phi) is 6.63. The zero-order valence-electron chi connectivity index (χ0n) is 20.1. The van der Waals surface area contributed by atoms with Crippen LogP contribution in [0.25, 0.3) is 0 Å². The van der Waals surface area contributed by atoms with Gasteiger partial charge in [-0.05, 0) is 81.6 Å². The van der Waals surface area contributed by atoms with Crippen LogP contribution in [-0.2, 0) is 6.42 Å². The number of piperazine rings is 1. The smallest absolute Gasteiger partial charge is 0.229 e. The SMILES string of the molecule is CC(C)(C)NSc1cccc(N2CCc3cnc(Nc4ccc(N5CCNCC5)cc4)nc32)c1. The summed E-state index contributed by atoms with van der Waals surface area (Å²) in [5, 5.41) is 6.79. The van der Waals surface area contributed by atoms with Crippen molar-refractivity contribution in [1.29, 1.82) is 0 Å². The molecular weight excluding hydrogens is 442 g/mol. The van der Waals surface area contributed by atoms with Gasteiger partial charge in [0.1, 0.15) is 5.82 Å². The van der Waals surface area contributed by atoms with Crippen LogP contribution >= 0.6 is 11.9 Å². The maximum absolute atomic E-state index is 4.90. The molecule has 1 aromatic heterocycles. The molecule has 5 rings (SSSR count). The van der Waals surface area contributed by atoms with Crippen molar-refractivity contribution in [3.63, 3.8) is 0 Å². The van der Waals surface area contributed by atoms with Crippen LogP contribution in [0.4, 0.5) is 28.8 Å². The van der Waals surface area contributed by atoms with Crippen LogP contribution in [0, 0.1) is 0 Å². The minimum absolute atomic E-state index is 0.0535. The molecule has 0 saturated carbocycles. The number of aromatic nitrogens is 2. The number of hydrogen-bond acceptors (Lipinski definition) is 8. The van der Waals surface area contributed by atoms with E-state index in [1.165, 1.54) is 16.1 Å². The van der Waals surface area contributed by atoms with Gasteiger partial charge in [-0.25, -0.2) is 4.98 Å². The van der Waals surface area contributed by atoms with Crippen molar-refractivity contribution in [3.05, 3.63) is 60.3 Å². The Morgan fingerprint density at radius 1 is 0.971 bits per heavy atom. The number of rotatable bonds is 6. The second kappa shape index (κ2) is 9.82. The van der Waals surface area contributed by atoms with Gasteiger partial charge in [0, 0.05) is 72.0 Å². The average Bonchev–Trinajstić information content (AvgIpc) is 3.27. The highest BCUT2D eigenvalue weighted by Gasteiger charge is 2.23. The van der Waals surface area contributed by atoms with E-state index in [1.54, 1.807) is 11.9 Å². The molecule has 0 amide bonds. The molecule has 34 heavy (non-hydrogen) atoms. The first-order valence-electron chi connectivity index (χ1n) is 11.9. The Hall–Kier alpha value is -2.81. The molecule has 8 heteroatoms. The molecule has 1 saturated heterocycles. The highest BCUT2D eigenvalue weighted by Crippen LogP contribution is 2.35. The normalized spacial score (nSPS) is 16.0. The van der Waals surface area contributed by atoms with Crippen molar-refractivity contribution in [2.24, 2.45) is 0 Å². The topological polar surface area (TPSA) is 68.3 Å². The predicted octanol–water partition coefficient (Wildman–Crippen LogP) is 4.72. The fourth-order valence-electron chi connectivity index (χ4n) is 4.19. The molecule has 0 spiro atoms. The molecule has 3 N–H and O–H groups in total. The summed E-state index contributed by atoms with van der Waals surface area (Å²) in [6.45, 7) is 11.6. The van der Waals surface area contributed by atoms with Crippen LogP contribution in [0.15, 0.2) is 59.6 Å². The second-order valence-electron chi connectivity index (χ2n) is 9.80. The predicted molar refractivity (Wildman–Crippen MR) is 143 cm³/mol. The Morgan fingerprint density at radius 3 is 2.53 bits per heavy atom. The van der Waals surface area contributed by atoms with Crippen molar-refractivity contribution < 1.29 is 0 Å². The van der Waals surface area contributed by atoms with Crippen LogP contribution in [0.2, 0.25) is 0 Å². The van der Waals surface area contributed by atoms with Crippen LogP contribution < -0.4 is 25.2 Å². The van der Waals surface area contributed by atoms with Crippen molar-refractivity contribution in [3.8, 4) is 0 Å².